The third-order valence-electron chi connectivity index (χ3n) is 4.66. The van der Waals surface area contributed by atoms with E-state index in [0.29, 0.717) is 31.2 Å². The molecule has 3 aromatic rings. The summed E-state index contributed by atoms with van der Waals surface area (Å²) < 4.78 is 5.61. The lowest BCUT2D eigenvalue weighted by Gasteiger charge is -2.16. The summed E-state index contributed by atoms with van der Waals surface area (Å²) in [6, 6.07) is 12.4. The molecule has 1 aromatic carbocycles. The van der Waals surface area contributed by atoms with Crippen molar-refractivity contribution < 1.29 is 9.21 Å². The van der Waals surface area contributed by atoms with E-state index in [4.69, 9.17) is 4.42 Å². The van der Waals surface area contributed by atoms with Gasteiger partial charge in [0.1, 0.15) is 0 Å². The number of carbonyl (C=O) groups is 1. The average molecular weight is 353 g/mol. The summed E-state index contributed by atoms with van der Waals surface area (Å²) in [6.45, 7) is 0.694. The van der Waals surface area contributed by atoms with E-state index >= 15 is 0 Å². The molecule has 1 fully saturated rings. The Morgan fingerprint density at radius 2 is 2.04 bits per heavy atom. The first-order chi connectivity index (χ1) is 12.3. The third kappa shape index (κ3) is 3.64. The quantitative estimate of drug-likeness (QED) is 0.705. The van der Waals surface area contributed by atoms with Gasteiger partial charge in [-0.3, -0.25) is 4.79 Å². The summed E-state index contributed by atoms with van der Waals surface area (Å²) in [4.78, 5) is 12.2. The molecule has 6 heteroatoms. The molecule has 0 radical (unpaired) electrons. The predicted octanol–water partition coefficient (Wildman–Crippen LogP) is 3.58. The van der Waals surface area contributed by atoms with Crippen LogP contribution in [0.2, 0.25) is 0 Å². The van der Waals surface area contributed by atoms with Crippen molar-refractivity contribution in [2.75, 3.05) is 6.54 Å². The molecule has 1 N–H and O–H groups in total. The third-order valence-corrected chi connectivity index (χ3v) is 5.35. The largest absolute Gasteiger partial charge is 0.421 e. The van der Waals surface area contributed by atoms with Crippen molar-refractivity contribution in [2.45, 2.75) is 31.1 Å². The van der Waals surface area contributed by atoms with Gasteiger partial charge in [-0.2, -0.15) is 11.3 Å². The average Bonchev–Trinajstić information content (AvgIpc) is 3.04. The van der Waals surface area contributed by atoms with Gasteiger partial charge in [0.15, 0.2) is 0 Å². The second-order valence-corrected chi connectivity index (χ2v) is 7.22. The highest BCUT2D eigenvalue weighted by Crippen LogP contribution is 2.47. The Balaban J connectivity index is 1.27. The van der Waals surface area contributed by atoms with E-state index in [1.807, 2.05) is 22.9 Å². The number of carbonyl (C=O) groups excluding carboxylic acids is 1. The summed E-state index contributed by atoms with van der Waals surface area (Å²) in [5.41, 5.74) is 2.37. The van der Waals surface area contributed by atoms with Gasteiger partial charge >= 0.3 is 0 Å². The Kier molecular flexibility index (Phi) is 4.36. The van der Waals surface area contributed by atoms with Crippen molar-refractivity contribution in [3.8, 4) is 11.5 Å². The minimum atomic E-state index is 0.0255. The number of amides is 1. The lowest BCUT2D eigenvalue weighted by atomic mass is 9.96. The monoisotopic (exact) mass is 353 g/mol. The van der Waals surface area contributed by atoms with Crippen LogP contribution in [0.25, 0.3) is 11.5 Å². The van der Waals surface area contributed by atoms with Crippen LogP contribution in [0.3, 0.4) is 0 Å². The number of nitrogens with zero attached hydrogens (tertiary/aromatic N) is 2. The van der Waals surface area contributed by atoms with Crippen LogP contribution in [-0.4, -0.2) is 22.6 Å². The van der Waals surface area contributed by atoms with Gasteiger partial charge in [-0.25, -0.2) is 0 Å². The maximum atomic E-state index is 12.2. The van der Waals surface area contributed by atoms with Crippen molar-refractivity contribution >= 4 is 17.2 Å². The molecule has 0 unspecified atom stereocenters. The van der Waals surface area contributed by atoms with Crippen LogP contribution < -0.4 is 5.32 Å². The van der Waals surface area contributed by atoms with Crippen molar-refractivity contribution in [2.24, 2.45) is 0 Å². The molecule has 1 amide bonds. The number of aromatic nitrogens is 2. The predicted molar refractivity (Wildman–Crippen MR) is 96.3 cm³/mol. The molecule has 128 valence electrons. The topological polar surface area (TPSA) is 68.0 Å². The zero-order valence-electron chi connectivity index (χ0n) is 13.8. The van der Waals surface area contributed by atoms with Crippen molar-refractivity contribution in [1.29, 1.82) is 0 Å². The first-order valence-corrected chi connectivity index (χ1v) is 9.37. The highest BCUT2D eigenvalue weighted by Gasteiger charge is 2.44. The molecule has 0 bridgehead atoms. The molecular weight excluding hydrogens is 334 g/mol. The minimum absolute atomic E-state index is 0.0255. The van der Waals surface area contributed by atoms with Crippen LogP contribution >= 0.6 is 11.3 Å². The Bertz CT molecular complexity index is 839. The van der Waals surface area contributed by atoms with E-state index in [1.54, 1.807) is 11.3 Å². The zero-order valence-corrected chi connectivity index (χ0v) is 14.6. The van der Waals surface area contributed by atoms with Gasteiger partial charge in [0.05, 0.1) is 0 Å². The second-order valence-electron chi connectivity index (χ2n) is 6.44. The standard InChI is InChI=1S/C19H19N3O2S/c23-16(20-13-19(9-10-19)15-4-2-1-3-5-15)6-7-17-21-22-18(24-17)14-8-11-25-12-14/h1-5,8,11-12H,6-7,9-10,13H2,(H,20,23). The highest BCUT2D eigenvalue weighted by atomic mass is 32.1. The number of benzene rings is 1. The van der Waals surface area contributed by atoms with Gasteiger partial charge < -0.3 is 9.73 Å². The summed E-state index contributed by atoms with van der Waals surface area (Å²) in [6.07, 6.45) is 3.08. The van der Waals surface area contributed by atoms with Gasteiger partial charge in [0.2, 0.25) is 17.7 Å². The molecule has 2 aromatic heterocycles. The molecular formula is C19H19N3O2S. The van der Waals surface area contributed by atoms with Gasteiger partial charge in [-0.05, 0) is 29.9 Å². The van der Waals surface area contributed by atoms with Crippen molar-refractivity contribution in [1.82, 2.24) is 15.5 Å². The van der Waals surface area contributed by atoms with Gasteiger partial charge in [0, 0.05) is 35.7 Å². The summed E-state index contributed by atoms with van der Waals surface area (Å²) in [7, 11) is 0. The molecule has 1 aliphatic carbocycles. The lowest BCUT2D eigenvalue weighted by molar-refractivity contribution is -0.121. The molecule has 1 saturated carbocycles. The van der Waals surface area contributed by atoms with Crippen molar-refractivity contribution in [3.63, 3.8) is 0 Å². The summed E-state index contributed by atoms with van der Waals surface area (Å²) in [5.74, 6) is 1.04. The Morgan fingerprint density at radius 3 is 2.76 bits per heavy atom. The van der Waals surface area contributed by atoms with Gasteiger partial charge in [-0.1, -0.05) is 30.3 Å². The molecule has 5 nitrogen and oxygen atoms in total. The van der Waals surface area contributed by atoms with Gasteiger partial charge in [0.25, 0.3) is 0 Å². The Labute approximate surface area is 150 Å². The van der Waals surface area contributed by atoms with Crippen LogP contribution in [0.4, 0.5) is 0 Å². The number of rotatable bonds is 7. The first kappa shape index (κ1) is 16.0. The number of hydrogen-bond donors (Lipinski definition) is 1. The van der Waals surface area contributed by atoms with E-state index in [9.17, 15) is 4.79 Å². The number of aryl methyl sites for hydroxylation is 1. The molecule has 1 aliphatic rings. The normalized spacial score (nSPS) is 15.0. The maximum Gasteiger partial charge on any atom is 0.248 e. The fraction of sp³-hybridized carbons (Fsp3) is 0.316. The van der Waals surface area contributed by atoms with Crippen LogP contribution in [0.15, 0.2) is 51.6 Å². The molecule has 0 spiro atoms. The zero-order chi connectivity index (χ0) is 17.1. The highest BCUT2D eigenvalue weighted by molar-refractivity contribution is 7.08. The van der Waals surface area contributed by atoms with Crippen molar-refractivity contribution in [3.05, 3.63) is 58.6 Å². The van der Waals surface area contributed by atoms with E-state index in [-0.39, 0.29) is 11.3 Å². The molecule has 0 aliphatic heterocycles. The molecule has 0 atom stereocenters. The Morgan fingerprint density at radius 1 is 1.20 bits per heavy atom. The van der Waals surface area contributed by atoms with Gasteiger partial charge in [-0.15, -0.1) is 10.2 Å². The first-order valence-electron chi connectivity index (χ1n) is 8.42. The smallest absolute Gasteiger partial charge is 0.248 e. The summed E-state index contributed by atoms with van der Waals surface area (Å²) in [5, 5.41) is 15.0. The lowest BCUT2D eigenvalue weighted by Crippen LogP contribution is -2.32. The van der Waals surface area contributed by atoms with Crippen LogP contribution in [0.1, 0.15) is 30.7 Å². The minimum Gasteiger partial charge on any atom is -0.421 e. The molecule has 2 heterocycles. The van der Waals surface area contributed by atoms with E-state index in [0.717, 1.165) is 18.4 Å². The molecule has 0 saturated heterocycles. The SMILES string of the molecule is O=C(CCc1nnc(-c2ccsc2)o1)NCC1(c2ccccc2)CC1. The number of nitrogens with one attached hydrogen (secondary N) is 1. The fourth-order valence-corrected chi connectivity index (χ4v) is 3.57. The fourth-order valence-electron chi connectivity index (χ4n) is 2.94. The Hall–Kier alpha value is -2.47. The number of thiophene rings is 1. The van der Waals surface area contributed by atoms with E-state index in [1.165, 1.54) is 5.56 Å². The van der Waals surface area contributed by atoms with Crippen LogP contribution in [0, 0.1) is 0 Å². The van der Waals surface area contributed by atoms with E-state index in [2.05, 4.69) is 39.8 Å². The summed E-state index contributed by atoms with van der Waals surface area (Å²) >= 11 is 1.58. The molecule has 25 heavy (non-hydrogen) atoms. The maximum absolute atomic E-state index is 12.2. The van der Waals surface area contributed by atoms with Crippen LogP contribution in [-0.2, 0) is 16.6 Å². The number of hydrogen-bond acceptors (Lipinski definition) is 5. The second kappa shape index (κ2) is 6.80. The molecule has 4 rings (SSSR count). The van der Waals surface area contributed by atoms with E-state index < -0.39 is 0 Å². The van der Waals surface area contributed by atoms with Crippen LogP contribution in [0.5, 0.6) is 0 Å².